The summed E-state index contributed by atoms with van der Waals surface area (Å²) >= 11 is 4.84. The standard InChI is InChI=1S/C11H15BrN2OS/c12-9-3-5-16-10(9)11(15)14-7-8-2-1-4-13-6-8/h3,5,8,13H,1-2,4,6-7H2,(H,14,15). The molecule has 1 saturated heterocycles. The van der Waals surface area contributed by atoms with Gasteiger partial charge in [-0.05, 0) is 59.2 Å². The van der Waals surface area contributed by atoms with Crippen LogP contribution >= 0.6 is 27.3 Å². The molecule has 0 aliphatic carbocycles. The van der Waals surface area contributed by atoms with E-state index in [9.17, 15) is 4.79 Å². The molecule has 3 nitrogen and oxygen atoms in total. The Labute approximate surface area is 108 Å². The lowest BCUT2D eigenvalue weighted by molar-refractivity contribution is 0.0948. The Morgan fingerprint density at radius 3 is 3.19 bits per heavy atom. The van der Waals surface area contributed by atoms with Crippen LogP contribution in [0.25, 0.3) is 0 Å². The SMILES string of the molecule is O=C(NCC1CCCNC1)c1sccc1Br. The highest BCUT2D eigenvalue weighted by atomic mass is 79.9. The highest BCUT2D eigenvalue weighted by Gasteiger charge is 2.16. The van der Waals surface area contributed by atoms with Crippen molar-refractivity contribution in [2.24, 2.45) is 5.92 Å². The summed E-state index contributed by atoms with van der Waals surface area (Å²) in [5, 5.41) is 8.26. The fourth-order valence-electron chi connectivity index (χ4n) is 1.87. The van der Waals surface area contributed by atoms with Crippen molar-refractivity contribution in [3.8, 4) is 0 Å². The molecule has 1 fully saturated rings. The van der Waals surface area contributed by atoms with Gasteiger partial charge >= 0.3 is 0 Å². The van der Waals surface area contributed by atoms with Crippen LogP contribution in [0.2, 0.25) is 0 Å². The zero-order valence-electron chi connectivity index (χ0n) is 8.96. The summed E-state index contributed by atoms with van der Waals surface area (Å²) in [4.78, 5) is 12.6. The van der Waals surface area contributed by atoms with Crippen LogP contribution in [0.3, 0.4) is 0 Å². The molecule has 1 atom stereocenters. The van der Waals surface area contributed by atoms with Crippen molar-refractivity contribution in [2.75, 3.05) is 19.6 Å². The predicted molar refractivity (Wildman–Crippen MR) is 69.9 cm³/mol. The molecular weight excluding hydrogens is 288 g/mol. The molecule has 5 heteroatoms. The summed E-state index contributed by atoms with van der Waals surface area (Å²) in [6.07, 6.45) is 2.42. The molecule has 1 aromatic heterocycles. The highest BCUT2D eigenvalue weighted by molar-refractivity contribution is 9.10. The number of thiophene rings is 1. The number of rotatable bonds is 3. The minimum Gasteiger partial charge on any atom is -0.351 e. The van der Waals surface area contributed by atoms with Crippen LogP contribution in [0.15, 0.2) is 15.9 Å². The Balaban J connectivity index is 1.81. The number of amides is 1. The maximum absolute atomic E-state index is 11.8. The summed E-state index contributed by atoms with van der Waals surface area (Å²) < 4.78 is 0.886. The molecule has 1 amide bonds. The fourth-order valence-corrected chi connectivity index (χ4v) is 3.34. The average molecular weight is 303 g/mol. The molecule has 0 aromatic carbocycles. The van der Waals surface area contributed by atoms with Crippen LogP contribution in [0.4, 0.5) is 0 Å². The Hall–Kier alpha value is -0.390. The normalized spacial score (nSPS) is 20.7. The molecule has 16 heavy (non-hydrogen) atoms. The van der Waals surface area contributed by atoms with Crippen molar-refractivity contribution in [1.82, 2.24) is 10.6 Å². The highest BCUT2D eigenvalue weighted by Crippen LogP contribution is 2.22. The quantitative estimate of drug-likeness (QED) is 0.899. The monoisotopic (exact) mass is 302 g/mol. The zero-order chi connectivity index (χ0) is 11.4. The molecule has 0 bridgehead atoms. The molecule has 88 valence electrons. The second-order valence-electron chi connectivity index (χ2n) is 4.02. The first-order valence-electron chi connectivity index (χ1n) is 5.49. The molecule has 1 aliphatic heterocycles. The van der Waals surface area contributed by atoms with Crippen LogP contribution in [0, 0.1) is 5.92 Å². The van der Waals surface area contributed by atoms with Crippen molar-refractivity contribution in [1.29, 1.82) is 0 Å². The third-order valence-electron chi connectivity index (χ3n) is 2.77. The second-order valence-corrected chi connectivity index (χ2v) is 5.79. The second kappa shape index (κ2) is 5.80. The molecule has 2 N–H and O–H groups in total. The zero-order valence-corrected chi connectivity index (χ0v) is 11.4. The van der Waals surface area contributed by atoms with Crippen molar-refractivity contribution < 1.29 is 4.79 Å². The van der Waals surface area contributed by atoms with E-state index in [2.05, 4.69) is 26.6 Å². The van der Waals surface area contributed by atoms with Crippen molar-refractivity contribution in [3.63, 3.8) is 0 Å². The van der Waals surface area contributed by atoms with Gasteiger partial charge in [0.25, 0.3) is 5.91 Å². The topological polar surface area (TPSA) is 41.1 Å². The van der Waals surface area contributed by atoms with Crippen LogP contribution in [-0.2, 0) is 0 Å². The minimum absolute atomic E-state index is 0.0347. The van der Waals surface area contributed by atoms with Crippen LogP contribution < -0.4 is 10.6 Å². The first-order valence-corrected chi connectivity index (χ1v) is 7.16. The summed E-state index contributed by atoms with van der Waals surface area (Å²) in [5.41, 5.74) is 0. The van der Waals surface area contributed by atoms with E-state index in [-0.39, 0.29) is 5.91 Å². The lowest BCUT2D eigenvalue weighted by Gasteiger charge is -2.22. The minimum atomic E-state index is 0.0347. The van der Waals surface area contributed by atoms with Gasteiger partial charge < -0.3 is 10.6 Å². The van der Waals surface area contributed by atoms with E-state index in [1.807, 2.05) is 11.4 Å². The predicted octanol–water partition coefficient (Wildman–Crippen LogP) is 2.24. The Bertz CT molecular complexity index is 361. The maximum Gasteiger partial charge on any atom is 0.262 e. The van der Waals surface area contributed by atoms with E-state index >= 15 is 0 Å². The third kappa shape index (κ3) is 3.06. The molecular formula is C11H15BrN2OS. The van der Waals surface area contributed by atoms with E-state index in [0.29, 0.717) is 5.92 Å². The van der Waals surface area contributed by atoms with Crippen molar-refractivity contribution in [3.05, 3.63) is 20.8 Å². The number of carbonyl (C=O) groups is 1. The molecule has 0 saturated carbocycles. The number of hydrogen-bond acceptors (Lipinski definition) is 3. The average Bonchev–Trinajstić information content (AvgIpc) is 2.74. The molecule has 2 heterocycles. The van der Waals surface area contributed by atoms with Crippen LogP contribution in [0.1, 0.15) is 22.5 Å². The van der Waals surface area contributed by atoms with Gasteiger partial charge in [0.2, 0.25) is 0 Å². The maximum atomic E-state index is 11.8. The van der Waals surface area contributed by atoms with Gasteiger partial charge in [-0.25, -0.2) is 0 Å². The summed E-state index contributed by atoms with van der Waals surface area (Å²) in [7, 11) is 0. The number of hydrogen-bond donors (Lipinski definition) is 2. The number of carbonyl (C=O) groups excluding carboxylic acids is 1. The first kappa shape index (κ1) is 12.1. The Morgan fingerprint density at radius 1 is 1.69 bits per heavy atom. The van der Waals surface area contributed by atoms with E-state index in [4.69, 9.17) is 0 Å². The number of piperidine rings is 1. The molecule has 0 radical (unpaired) electrons. The Morgan fingerprint density at radius 2 is 2.56 bits per heavy atom. The van der Waals surface area contributed by atoms with E-state index in [1.165, 1.54) is 24.2 Å². The first-order chi connectivity index (χ1) is 7.77. The van der Waals surface area contributed by atoms with Gasteiger partial charge in [0, 0.05) is 11.0 Å². The van der Waals surface area contributed by atoms with Gasteiger partial charge in [0.1, 0.15) is 4.88 Å². The van der Waals surface area contributed by atoms with Gasteiger partial charge in [0.15, 0.2) is 0 Å². The fraction of sp³-hybridized carbons (Fsp3) is 0.545. The van der Waals surface area contributed by atoms with Gasteiger partial charge in [-0.3, -0.25) is 4.79 Å². The van der Waals surface area contributed by atoms with E-state index in [0.717, 1.165) is 29.0 Å². The smallest absolute Gasteiger partial charge is 0.262 e. The van der Waals surface area contributed by atoms with Crippen molar-refractivity contribution >= 4 is 33.2 Å². The van der Waals surface area contributed by atoms with E-state index in [1.54, 1.807) is 0 Å². The van der Waals surface area contributed by atoms with Gasteiger partial charge in [-0.1, -0.05) is 0 Å². The van der Waals surface area contributed by atoms with Crippen molar-refractivity contribution in [2.45, 2.75) is 12.8 Å². The largest absolute Gasteiger partial charge is 0.351 e. The van der Waals surface area contributed by atoms with Crippen LogP contribution in [0.5, 0.6) is 0 Å². The van der Waals surface area contributed by atoms with Gasteiger partial charge in [0.05, 0.1) is 0 Å². The summed E-state index contributed by atoms with van der Waals surface area (Å²) in [6, 6.07) is 1.90. The molecule has 1 aromatic rings. The molecule has 0 spiro atoms. The lowest BCUT2D eigenvalue weighted by Crippen LogP contribution is -2.37. The van der Waals surface area contributed by atoms with Gasteiger partial charge in [-0.15, -0.1) is 11.3 Å². The summed E-state index contributed by atoms with van der Waals surface area (Å²) in [5.74, 6) is 0.615. The summed E-state index contributed by atoms with van der Waals surface area (Å²) in [6.45, 7) is 2.91. The molecule has 1 unspecified atom stereocenters. The lowest BCUT2D eigenvalue weighted by atomic mass is 10.00. The third-order valence-corrected chi connectivity index (χ3v) is 4.61. The van der Waals surface area contributed by atoms with Crippen LogP contribution in [-0.4, -0.2) is 25.5 Å². The van der Waals surface area contributed by atoms with Gasteiger partial charge in [-0.2, -0.15) is 0 Å². The number of nitrogens with one attached hydrogen (secondary N) is 2. The molecule has 1 aliphatic rings. The molecule has 2 rings (SSSR count). The Kier molecular flexibility index (Phi) is 4.37. The van der Waals surface area contributed by atoms with E-state index < -0.39 is 0 Å². The number of halogens is 1.